The van der Waals surface area contributed by atoms with Crippen LogP contribution in [0.15, 0.2) is 42.6 Å². The molecule has 0 aliphatic heterocycles. The van der Waals surface area contributed by atoms with Gasteiger partial charge in [0.2, 0.25) is 0 Å². The van der Waals surface area contributed by atoms with E-state index in [-0.39, 0.29) is 0 Å². The summed E-state index contributed by atoms with van der Waals surface area (Å²) in [7, 11) is 0. The maximum atomic E-state index is 5.73. The quantitative estimate of drug-likeness (QED) is 0.782. The molecule has 0 fully saturated rings. The van der Waals surface area contributed by atoms with Gasteiger partial charge in [-0.3, -0.25) is 4.98 Å². The molecule has 0 saturated heterocycles. The van der Waals surface area contributed by atoms with Crippen LogP contribution in [0.4, 0.5) is 0 Å². The summed E-state index contributed by atoms with van der Waals surface area (Å²) in [4.78, 5) is 4.43. The van der Waals surface area contributed by atoms with Gasteiger partial charge in [-0.15, -0.1) is 0 Å². The summed E-state index contributed by atoms with van der Waals surface area (Å²) < 4.78 is 5.73. The van der Waals surface area contributed by atoms with Crippen LogP contribution >= 0.6 is 0 Å². The Bertz CT molecular complexity index is 440. The highest BCUT2D eigenvalue weighted by Gasteiger charge is 1.98. The first-order valence-electron chi connectivity index (χ1n) is 6.97. The minimum absolute atomic E-state index is 0.671. The number of pyridine rings is 1. The standard InChI is InChI=1S/C17H21NO/c1-3-14-6-9-17(10-7-14)19-12-11-16-8-5-15(4-2)13-18-16/h5-10,13H,3-4,11-12H2,1-2H3. The smallest absolute Gasteiger partial charge is 0.119 e. The van der Waals surface area contributed by atoms with Gasteiger partial charge in [-0.1, -0.05) is 32.0 Å². The highest BCUT2D eigenvalue weighted by Crippen LogP contribution is 2.13. The molecule has 2 aromatic rings. The van der Waals surface area contributed by atoms with Crippen LogP contribution in [0.1, 0.15) is 30.7 Å². The topological polar surface area (TPSA) is 22.1 Å². The van der Waals surface area contributed by atoms with Crippen LogP contribution < -0.4 is 4.74 Å². The molecule has 2 nitrogen and oxygen atoms in total. The number of hydrogen-bond donors (Lipinski definition) is 0. The number of rotatable bonds is 6. The van der Waals surface area contributed by atoms with E-state index in [1.165, 1.54) is 11.1 Å². The molecule has 0 aliphatic carbocycles. The molecule has 1 aromatic carbocycles. The molecule has 2 heteroatoms. The summed E-state index contributed by atoms with van der Waals surface area (Å²) in [6, 6.07) is 12.5. The highest BCUT2D eigenvalue weighted by atomic mass is 16.5. The van der Waals surface area contributed by atoms with E-state index in [0.717, 1.165) is 30.7 Å². The molecule has 0 unspecified atom stereocenters. The van der Waals surface area contributed by atoms with E-state index < -0.39 is 0 Å². The van der Waals surface area contributed by atoms with Gasteiger partial charge in [0.05, 0.1) is 6.61 Å². The Morgan fingerprint density at radius 3 is 2.16 bits per heavy atom. The Morgan fingerprint density at radius 1 is 0.895 bits per heavy atom. The molecule has 1 heterocycles. The fourth-order valence-corrected chi connectivity index (χ4v) is 1.91. The third kappa shape index (κ3) is 4.09. The van der Waals surface area contributed by atoms with E-state index in [2.05, 4.69) is 43.1 Å². The van der Waals surface area contributed by atoms with Crippen LogP contribution in [0.25, 0.3) is 0 Å². The number of nitrogens with zero attached hydrogens (tertiary/aromatic N) is 1. The van der Waals surface area contributed by atoms with Crippen molar-refractivity contribution in [3.05, 3.63) is 59.4 Å². The lowest BCUT2D eigenvalue weighted by Gasteiger charge is -2.07. The summed E-state index contributed by atoms with van der Waals surface area (Å²) in [5.74, 6) is 0.933. The van der Waals surface area contributed by atoms with Crippen molar-refractivity contribution in [1.29, 1.82) is 0 Å². The zero-order chi connectivity index (χ0) is 13.5. The molecular formula is C17H21NO. The van der Waals surface area contributed by atoms with Crippen molar-refractivity contribution in [2.75, 3.05) is 6.61 Å². The minimum atomic E-state index is 0.671. The summed E-state index contributed by atoms with van der Waals surface area (Å²) in [6.45, 7) is 4.96. The molecule has 100 valence electrons. The van der Waals surface area contributed by atoms with Crippen LogP contribution in [-0.2, 0) is 19.3 Å². The molecule has 0 atom stereocenters. The van der Waals surface area contributed by atoms with Crippen molar-refractivity contribution in [2.24, 2.45) is 0 Å². The number of benzene rings is 1. The lowest BCUT2D eigenvalue weighted by molar-refractivity contribution is 0.320. The van der Waals surface area contributed by atoms with Gasteiger partial charge >= 0.3 is 0 Å². The van der Waals surface area contributed by atoms with Gasteiger partial charge in [-0.05, 0) is 42.2 Å². The lowest BCUT2D eigenvalue weighted by atomic mass is 10.2. The first-order chi connectivity index (χ1) is 9.31. The van der Waals surface area contributed by atoms with Crippen molar-refractivity contribution in [2.45, 2.75) is 33.1 Å². The van der Waals surface area contributed by atoms with Crippen LogP contribution in [0.5, 0.6) is 5.75 Å². The van der Waals surface area contributed by atoms with Gasteiger partial charge in [0.25, 0.3) is 0 Å². The number of hydrogen-bond acceptors (Lipinski definition) is 2. The maximum Gasteiger partial charge on any atom is 0.119 e. The second kappa shape index (κ2) is 6.93. The molecule has 2 rings (SSSR count). The van der Waals surface area contributed by atoms with Gasteiger partial charge in [-0.25, -0.2) is 0 Å². The Morgan fingerprint density at radius 2 is 1.58 bits per heavy atom. The molecule has 0 bridgehead atoms. The van der Waals surface area contributed by atoms with Crippen LogP contribution in [0, 0.1) is 0 Å². The van der Waals surface area contributed by atoms with Crippen molar-refractivity contribution >= 4 is 0 Å². The van der Waals surface area contributed by atoms with E-state index in [1.54, 1.807) is 0 Å². The molecule has 0 radical (unpaired) electrons. The van der Waals surface area contributed by atoms with E-state index in [9.17, 15) is 0 Å². The molecule has 0 N–H and O–H groups in total. The Balaban J connectivity index is 1.81. The average molecular weight is 255 g/mol. The first-order valence-corrected chi connectivity index (χ1v) is 6.97. The fourth-order valence-electron chi connectivity index (χ4n) is 1.91. The van der Waals surface area contributed by atoms with E-state index in [0.29, 0.717) is 6.61 Å². The summed E-state index contributed by atoms with van der Waals surface area (Å²) in [5, 5.41) is 0. The zero-order valence-electron chi connectivity index (χ0n) is 11.7. The zero-order valence-corrected chi connectivity index (χ0v) is 11.7. The Kier molecular flexibility index (Phi) is 4.96. The summed E-state index contributed by atoms with van der Waals surface area (Å²) in [6.07, 6.45) is 4.90. The fraction of sp³-hybridized carbons (Fsp3) is 0.353. The monoisotopic (exact) mass is 255 g/mol. The van der Waals surface area contributed by atoms with Crippen LogP contribution in [-0.4, -0.2) is 11.6 Å². The predicted octanol–water partition coefficient (Wildman–Crippen LogP) is 3.83. The summed E-state index contributed by atoms with van der Waals surface area (Å²) >= 11 is 0. The van der Waals surface area contributed by atoms with Gasteiger partial charge in [0, 0.05) is 18.3 Å². The Labute approximate surface area is 115 Å². The van der Waals surface area contributed by atoms with E-state index in [1.807, 2.05) is 18.3 Å². The molecule has 0 aliphatic rings. The Hall–Kier alpha value is -1.83. The highest BCUT2D eigenvalue weighted by molar-refractivity contribution is 5.27. The number of aromatic nitrogens is 1. The van der Waals surface area contributed by atoms with E-state index in [4.69, 9.17) is 4.74 Å². The number of ether oxygens (including phenoxy) is 1. The average Bonchev–Trinajstić information content (AvgIpc) is 2.49. The normalized spacial score (nSPS) is 10.4. The van der Waals surface area contributed by atoms with E-state index >= 15 is 0 Å². The van der Waals surface area contributed by atoms with Crippen LogP contribution in [0.2, 0.25) is 0 Å². The lowest BCUT2D eigenvalue weighted by Crippen LogP contribution is -2.03. The second-order valence-electron chi connectivity index (χ2n) is 4.61. The molecule has 0 saturated carbocycles. The van der Waals surface area contributed by atoms with Crippen molar-refractivity contribution in [1.82, 2.24) is 4.98 Å². The van der Waals surface area contributed by atoms with Crippen LogP contribution in [0.3, 0.4) is 0 Å². The summed E-state index contributed by atoms with van der Waals surface area (Å²) in [5.41, 5.74) is 3.70. The molecule has 0 amide bonds. The third-order valence-electron chi connectivity index (χ3n) is 3.25. The van der Waals surface area contributed by atoms with Crippen molar-refractivity contribution in [3.8, 4) is 5.75 Å². The minimum Gasteiger partial charge on any atom is -0.493 e. The third-order valence-corrected chi connectivity index (χ3v) is 3.25. The number of aryl methyl sites for hydroxylation is 2. The maximum absolute atomic E-state index is 5.73. The van der Waals surface area contributed by atoms with Crippen molar-refractivity contribution in [3.63, 3.8) is 0 Å². The molecule has 1 aromatic heterocycles. The van der Waals surface area contributed by atoms with Crippen molar-refractivity contribution < 1.29 is 4.74 Å². The largest absolute Gasteiger partial charge is 0.493 e. The second-order valence-corrected chi connectivity index (χ2v) is 4.61. The molecule has 19 heavy (non-hydrogen) atoms. The van der Waals surface area contributed by atoms with Gasteiger partial charge in [0.15, 0.2) is 0 Å². The SMILES string of the molecule is CCc1ccc(OCCc2ccc(CC)cn2)cc1. The first kappa shape index (κ1) is 13.6. The van der Waals surface area contributed by atoms with Gasteiger partial charge in [0.1, 0.15) is 5.75 Å². The predicted molar refractivity (Wildman–Crippen MR) is 78.6 cm³/mol. The van der Waals surface area contributed by atoms with Gasteiger partial charge in [-0.2, -0.15) is 0 Å². The molecular weight excluding hydrogens is 234 g/mol. The molecule has 0 spiro atoms. The van der Waals surface area contributed by atoms with Gasteiger partial charge < -0.3 is 4.74 Å².